The molecule has 16 heavy (non-hydrogen) atoms. The van der Waals surface area contributed by atoms with Crippen molar-refractivity contribution in [3.8, 4) is 5.75 Å². The van der Waals surface area contributed by atoms with E-state index in [4.69, 9.17) is 4.74 Å². The van der Waals surface area contributed by atoms with Crippen LogP contribution in [-0.4, -0.2) is 11.2 Å². The van der Waals surface area contributed by atoms with E-state index >= 15 is 0 Å². The van der Waals surface area contributed by atoms with Crippen molar-refractivity contribution in [2.45, 2.75) is 0 Å². The van der Waals surface area contributed by atoms with Gasteiger partial charge in [0, 0.05) is 18.6 Å². The molecule has 0 saturated carbocycles. The molecule has 0 amide bonds. The molecular weight excluding hydrogens is 202 g/mol. The van der Waals surface area contributed by atoms with Crippen molar-refractivity contribution >= 4 is 10.8 Å². The fraction of sp³-hybridized carbons (Fsp3) is 0.154. The molecule has 1 aromatic carbocycles. The quantitative estimate of drug-likeness (QED) is 0.734. The summed E-state index contributed by atoms with van der Waals surface area (Å²) in [4.78, 5) is 11.8. The molecule has 0 aliphatic heterocycles. The molecule has 0 spiro atoms. The van der Waals surface area contributed by atoms with Gasteiger partial charge in [-0.2, -0.15) is 0 Å². The minimum absolute atomic E-state index is 0.0125. The number of aryl methyl sites for hydroxylation is 1. The van der Waals surface area contributed by atoms with Gasteiger partial charge in [0.25, 0.3) is 5.56 Å². The van der Waals surface area contributed by atoms with E-state index in [1.807, 2.05) is 18.2 Å². The Kier molecular flexibility index (Phi) is 2.77. The summed E-state index contributed by atoms with van der Waals surface area (Å²) in [5.74, 6) is 0.718. The number of benzene rings is 1. The van der Waals surface area contributed by atoms with Gasteiger partial charge in [0.2, 0.25) is 0 Å². The molecule has 0 unspecified atom stereocenters. The van der Waals surface area contributed by atoms with E-state index in [2.05, 4.69) is 6.58 Å². The molecular formula is C13H13NO2. The van der Waals surface area contributed by atoms with Crippen molar-refractivity contribution in [2.75, 3.05) is 6.61 Å². The minimum atomic E-state index is -0.0125. The highest BCUT2D eigenvalue weighted by Gasteiger charge is 2.04. The average Bonchev–Trinajstić information content (AvgIpc) is 2.31. The molecule has 3 heteroatoms. The third-order valence-electron chi connectivity index (χ3n) is 2.44. The van der Waals surface area contributed by atoms with Crippen molar-refractivity contribution in [3.63, 3.8) is 0 Å². The third-order valence-corrected chi connectivity index (χ3v) is 2.44. The van der Waals surface area contributed by atoms with Crippen molar-refractivity contribution < 1.29 is 4.74 Å². The molecule has 0 bridgehead atoms. The average molecular weight is 215 g/mol. The van der Waals surface area contributed by atoms with Crippen LogP contribution in [0.1, 0.15) is 0 Å². The van der Waals surface area contributed by atoms with Crippen molar-refractivity contribution in [3.05, 3.63) is 53.5 Å². The van der Waals surface area contributed by atoms with Gasteiger partial charge in [0.05, 0.1) is 5.39 Å². The molecule has 82 valence electrons. The van der Waals surface area contributed by atoms with Crippen molar-refractivity contribution in [1.29, 1.82) is 0 Å². The summed E-state index contributed by atoms with van der Waals surface area (Å²) < 4.78 is 7.05. The van der Waals surface area contributed by atoms with Crippen molar-refractivity contribution in [1.82, 2.24) is 4.57 Å². The Balaban J connectivity index is 2.65. The number of aromatic nitrogens is 1. The molecule has 2 rings (SSSR count). The van der Waals surface area contributed by atoms with Crippen LogP contribution in [0, 0.1) is 0 Å². The van der Waals surface area contributed by atoms with Gasteiger partial charge in [-0.1, -0.05) is 18.7 Å². The summed E-state index contributed by atoms with van der Waals surface area (Å²) in [6, 6.07) is 7.36. The van der Waals surface area contributed by atoms with Gasteiger partial charge < -0.3 is 9.30 Å². The normalized spacial score (nSPS) is 10.3. The van der Waals surface area contributed by atoms with Crippen LogP contribution >= 0.6 is 0 Å². The van der Waals surface area contributed by atoms with Crippen LogP contribution in [0.2, 0.25) is 0 Å². The number of ether oxygens (including phenoxy) is 1. The van der Waals surface area contributed by atoms with E-state index in [1.54, 1.807) is 30.0 Å². The van der Waals surface area contributed by atoms with E-state index in [1.165, 1.54) is 0 Å². The summed E-state index contributed by atoms with van der Waals surface area (Å²) in [7, 11) is 1.74. The van der Waals surface area contributed by atoms with Crippen LogP contribution < -0.4 is 10.3 Å². The molecule has 3 nitrogen and oxygen atoms in total. The van der Waals surface area contributed by atoms with Gasteiger partial charge in [-0.15, -0.1) is 0 Å². The lowest BCUT2D eigenvalue weighted by molar-refractivity contribution is 0.367. The Bertz CT molecular complexity index is 584. The van der Waals surface area contributed by atoms with Gasteiger partial charge in [0.1, 0.15) is 12.4 Å². The second-order valence-electron chi connectivity index (χ2n) is 3.55. The van der Waals surface area contributed by atoms with Gasteiger partial charge in [-0.3, -0.25) is 4.79 Å². The molecule has 0 radical (unpaired) electrons. The van der Waals surface area contributed by atoms with E-state index in [9.17, 15) is 4.79 Å². The Hall–Kier alpha value is -2.03. The summed E-state index contributed by atoms with van der Waals surface area (Å²) in [5, 5.41) is 1.51. The molecule has 0 atom stereocenters. The first-order valence-electron chi connectivity index (χ1n) is 5.06. The molecule has 1 aromatic heterocycles. The first-order chi connectivity index (χ1) is 7.74. The monoisotopic (exact) mass is 215 g/mol. The first-order valence-corrected chi connectivity index (χ1v) is 5.06. The Morgan fingerprint density at radius 2 is 2.19 bits per heavy atom. The van der Waals surface area contributed by atoms with Crippen LogP contribution in [0.25, 0.3) is 10.8 Å². The second-order valence-corrected chi connectivity index (χ2v) is 3.55. The number of hydrogen-bond acceptors (Lipinski definition) is 2. The largest absolute Gasteiger partial charge is 0.489 e. The number of nitrogens with zero attached hydrogens (tertiary/aromatic N) is 1. The van der Waals surface area contributed by atoms with E-state index in [0.29, 0.717) is 12.0 Å². The summed E-state index contributed by atoms with van der Waals surface area (Å²) in [6.07, 6.45) is 3.42. The molecule has 0 N–H and O–H groups in total. The number of hydrogen-bond donors (Lipinski definition) is 0. The lowest BCUT2D eigenvalue weighted by Gasteiger charge is -2.07. The minimum Gasteiger partial charge on any atom is -0.489 e. The molecule has 2 aromatic rings. The van der Waals surface area contributed by atoms with Gasteiger partial charge in [-0.25, -0.2) is 0 Å². The van der Waals surface area contributed by atoms with Gasteiger partial charge in [0.15, 0.2) is 0 Å². The second kappa shape index (κ2) is 4.23. The van der Waals surface area contributed by atoms with Crippen LogP contribution in [0.5, 0.6) is 5.75 Å². The van der Waals surface area contributed by atoms with Crippen LogP contribution in [0.4, 0.5) is 0 Å². The Morgan fingerprint density at radius 3 is 2.94 bits per heavy atom. The Labute approximate surface area is 93.6 Å². The molecule has 0 saturated heterocycles. The zero-order valence-corrected chi connectivity index (χ0v) is 9.14. The number of pyridine rings is 1. The molecule has 0 aliphatic rings. The summed E-state index contributed by atoms with van der Waals surface area (Å²) >= 11 is 0. The standard InChI is InChI=1S/C13H13NO2/c1-3-9-16-12-6-4-5-11-10(12)7-8-14(2)13(11)15/h3-8H,1,9H2,2H3. The summed E-state index contributed by atoms with van der Waals surface area (Å²) in [6.45, 7) is 4.04. The third kappa shape index (κ3) is 1.72. The smallest absolute Gasteiger partial charge is 0.258 e. The molecule has 0 aliphatic carbocycles. The highest BCUT2D eigenvalue weighted by molar-refractivity contribution is 5.87. The lowest BCUT2D eigenvalue weighted by atomic mass is 10.1. The Morgan fingerprint density at radius 1 is 1.38 bits per heavy atom. The fourth-order valence-corrected chi connectivity index (χ4v) is 1.62. The highest BCUT2D eigenvalue weighted by atomic mass is 16.5. The zero-order valence-electron chi connectivity index (χ0n) is 9.14. The number of rotatable bonds is 3. The maximum atomic E-state index is 11.8. The SMILES string of the molecule is C=CCOc1cccc2c(=O)n(C)ccc12. The van der Waals surface area contributed by atoms with Gasteiger partial charge in [-0.05, 0) is 18.2 Å². The maximum absolute atomic E-state index is 11.8. The maximum Gasteiger partial charge on any atom is 0.258 e. The van der Waals surface area contributed by atoms with Gasteiger partial charge >= 0.3 is 0 Å². The first kappa shape index (κ1) is 10.5. The van der Waals surface area contributed by atoms with Crippen LogP contribution in [0.15, 0.2) is 47.9 Å². The zero-order chi connectivity index (χ0) is 11.5. The van der Waals surface area contributed by atoms with Crippen LogP contribution in [-0.2, 0) is 7.05 Å². The fourth-order valence-electron chi connectivity index (χ4n) is 1.62. The van der Waals surface area contributed by atoms with E-state index in [0.717, 1.165) is 11.1 Å². The molecule has 0 fully saturated rings. The topological polar surface area (TPSA) is 31.2 Å². The number of fused-ring (bicyclic) bond motifs is 1. The van der Waals surface area contributed by atoms with E-state index < -0.39 is 0 Å². The van der Waals surface area contributed by atoms with Crippen molar-refractivity contribution in [2.24, 2.45) is 7.05 Å². The van der Waals surface area contributed by atoms with Crippen LogP contribution in [0.3, 0.4) is 0 Å². The predicted octanol–water partition coefficient (Wildman–Crippen LogP) is 2.10. The summed E-state index contributed by atoms with van der Waals surface area (Å²) in [5.41, 5.74) is -0.0125. The molecule has 1 heterocycles. The van der Waals surface area contributed by atoms with E-state index in [-0.39, 0.29) is 5.56 Å². The highest BCUT2D eigenvalue weighted by Crippen LogP contribution is 2.22. The lowest BCUT2D eigenvalue weighted by Crippen LogP contribution is -2.15. The predicted molar refractivity (Wildman–Crippen MR) is 64.9 cm³/mol.